The first-order valence-electron chi connectivity index (χ1n) is 5.76. The molecule has 17 heavy (non-hydrogen) atoms. The van der Waals surface area contributed by atoms with Crippen LogP contribution in [0.15, 0.2) is 18.5 Å². The molecule has 0 fully saturated rings. The van der Waals surface area contributed by atoms with Crippen LogP contribution in [0.5, 0.6) is 0 Å². The van der Waals surface area contributed by atoms with Crippen molar-refractivity contribution in [3.8, 4) is 5.82 Å². The highest BCUT2D eigenvalue weighted by molar-refractivity contribution is 5.25. The fraction of sp³-hybridized carbons (Fsp3) is 0.417. The Hall–Kier alpha value is -1.75. The van der Waals surface area contributed by atoms with Crippen molar-refractivity contribution >= 4 is 0 Å². The summed E-state index contributed by atoms with van der Waals surface area (Å²) in [5.41, 5.74) is 2.11. The lowest BCUT2D eigenvalue weighted by Crippen LogP contribution is -2.11. The predicted octanol–water partition coefficient (Wildman–Crippen LogP) is 1.39. The van der Waals surface area contributed by atoms with Crippen LogP contribution in [0.4, 0.5) is 0 Å². The highest BCUT2D eigenvalue weighted by Gasteiger charge is 2.03. The van der Waals surface area contributed by atoms with Gasteiger partial charge in [-0.1, -0.05) is 6.92 Å². The third-order valence-electron chi connectivity index (χ3n) is 2.40. The molecule has 5 heteroatoms. The van der Waals surface area contributed by atoms with Crippen LogP contribution < -0.4 is 5.32 Å². The summed E-state index contributed by atoms with van der Waals surface area (Å²) in [5.74, 6) is 1.58. The normalized spacial score (nSPS) is 10.8. The van der Waals surface area contributed by atoms with E-state index in [2.05, 4.69) is 27.3 Å². The van der Waals surface area contributed by atoms with Crippen LogP contribution in [0.3, 0.4) is 0 Å². The molecular weight excluding hydrogens is 214 g/mol. The molecule has 90 valence electrons. The summed E-state index contributed by atoms with van der Waals surface area (Å²) < 4.78 is 1.79. The Morgan fingerprint density at radius 1 is 1.29 bits per heavy atom. The van der Waals surface area contributed by atoms with E-state index in [9.17, 15) is 0 Å². The van der Waals surface area contributed by atoms with E-state index in [1.807, 2.05) is 32.3 Å². The molecule has 2 aromatic heterocycles. The van der Waals surface area contributed by atoms with E-state index in [4.69, 9.17) is 0 Å². The zero-order valence-electron chi connectivity index (χ0n) is 10.4. The first-order valence-corrected chi connectivity index (χ1v) is 5.76. The number of rotatable bonds is 4. The van der Waals surface area contributed by atoms with E-state index >= 15 is 0 Å². The van der Waals surface area contributed by atoms with Gasteiger partial charge in [-0.05, 0) is 20.4 Å². The summed E-state index contributed by atoms with van der Waals surface area (Å²) in [6, 6.07) is 1.93. The van der Waals surface area contributed by atoms with Gasteiger partial charge in [-0.2, -0.15) is 5.10 Å². The molecule has 2 aromatic rings. The molecule has 0 aromatic carbocycles. The lowest BCUT2D eigenvalue weighted by Gasteiger charge is -2.02. The molecule has 0 amide bonds. The van der Waals surface area contributed by atoms with Gasteiger partial charge in [-0.15, -0.1) is 0 Å². The average molecular weight is 231 g/mol. The molecule has 0 radical (unpaired) electrons. The second-order valence-corrected chi connectivity index (χ2v) is 3.99. The standard InChI is InChI=1S/C12H17N5/c1-4-13-6-11-7-14-17(8-11)12-5-9(2)15-10(3)16-12/h5,7-8,13H,4,6H2,1-3H3. The van der Waals surface area contributed by atoms with E-state index in [0.717, 1.165) is 36.0 Å². The topological polar surface area (TPSA) is 55.6 Å². The van der Waals surface area contributed by atoms with Gasteiger partial charge in [0.05, 0.1) is 6.20 Å². The van der Waals surface area contributed by atoms with Crippen molar-refractivity contribution in [3.63, 3.8) is 0 Å². The summed E-state index contributed by atoms with van der Waals surface area (Å²) >= 11 is 0. The van der Waals surface area contributed by atoms with Crippen molar-refractivity contribution in [1.29, 1.82) is 0 Å². The van der Waals surface area contributed by atoms with Crippen molar-refractivity contribution in [2.45, 2.75) is 27.3 Å². The van der Waals surface area contributed by atoms with Crippen LogP contribution in [-0.2, 0) is 6.54 Å². The van der Waals surface area contributed by atoms with E-state index in [1.165, 1.54) is 0 Å². The third kappa shape index (κ3) is 2.88. The predicted molar refractivity (Wildman–Crippen MR) is 66.0 cm³/mol. The minimum atomic E-state index is 0.767. The molecule has 1 N–H and O–H groups in total. The quantitative estimate of drug-likeness (QED) is 0.864. The lowest BCUT2D eigenvalue weighted by atomic mass is 10.3. The number of nitrogens with zero attached hydrogens (tertiary/aromatic N) is 4. The summed E-state index contributed by atoms with van der Waals surface area (Å²) in [6.07, 6.45) is 3.85. The Balaban J connectivity index is 2.24. The molecule has 0 saturated heterocycles. The van der Waals surface area contributed by atoms with Crippen LogP contribution in [0.1, 0.15) is 24.0 Å². The molecule has 0 aliphatic heterocycles. The van der Waals surface area contributed by atoms with Gasteiger partial charge in [0.15, 0.2) is 5.82 Å². The molecule has 0 bridgehead atoms. The first kappa shape index (κ1) is 11.7. The lowest BCUT2D eigenvalue weighted by molar-refractivity contribution is 0.726. The van der Waals surface area contributed by atoms with Crippen LogP contribution in [0, 0.1) is 13.8 Å². The van der Waals surface area contributed by atoms with Crippen molar-refractivity contribution in [2.24, 2.45) is 0 Å². The highest BCUT2D eigenvalue weighted by atomic mass is 15.3. The first-order chi connectivity index (χ1) is 8.19. The molecule has 0 spiro atoms. The fourth-order valence-electron chi connectivity index (χ4n) is 1.66. The van der Waals surface area contributed by atoms with Crippen LogP contribution in [-0.4, -0.2) is 26.3 Å². The SMILES string of the molecule is CCNCc1cnn(-c2cc(C)nc(C)n2)c1. The zero-order chi connectivity index (χ0) is 12.3. The maximum Gasteiger partial charge on any atom is 0.157 e. The molecule has 2 heterocycles. The van der Waals surface area contributed by atoms with E-state index in [1.54, 1.807) is 4.68 Å². The van der Waals surface area contributed by atoms with Gasteiger partial charge < -0.3 is 5.32 Å². The Morgan fingerprint density at radius 2 is 2.12 bits per heavy atom. The Kier molecular flexibility index (Phi) is 3.49. The molecular formula is C12H17N5. The Labute approximate surface area is 101 Å². The molecule has 2 rings (SSSR count). The molecule has 0 aliphatic carbocycles. The van der Waals surface area contributed by atoms with Gasteiger partial charge in [0.1, 0.15) is 5.82 Å². The number of hydrogen-bond donors (Lipinski definition) is 1. The second kappa shape index (κ2) is 5.05. The van der Waals surface area contributed by atoms with Crippen molar-refractivity contribution in [3.05, 3.63) is 35.5 Å². The Morgan fingerprint density at radius 3 is 2.82 bits per heavy atom. The molecule has 0 aliphatic rings. The minimum Gasteiger partial charge on any atom is -0.313 e. The highest BCUT2D eigenvalue weighted by Crippen LogP contribution is 2.07. The number of nitrogens with one attached hydrogen (secondary N) is 1. The van der Waals surface area contributed by atoms with Gasteiger partial charge in [-0.25, -0.2) is 14.6 Å². The van der Waals surface area contributed by atoms with Crippen LogP contribution in [0.25, 0.3) is 5.82 Å². The average Bonchev–Trinajstić information content (AvgIpc) is 2.73. The van der Waals surface area contributed by atoms with E-state index in [-0.39, 0.29) is 0 Å². The summed E-state index contributed by atoms with van der Waals surface area (Å²) in [7, 11) is 0. The number of aryl methyl sites for hydroxylation is 2. The summed E-state index contributed by atoms with van der Waals surface area (Å²) in [6.45, 7) is 7.72. The summed E-state index contributed by atoms with van der Waals surface area (Å²) in [4.78, 5) is 8.62. The van der Waals surface area contributed by atoms with Gasteiger partial charge in [-0.3, -0.25) is 0 Å². The molecule has 0 atom stereocenters. The molecule has 0 saturated carbocycles. The molecule has 5 nitrogen and oxygen atoms in total. The van der Waals surface area contributed by atoms with Gasteiger partial charge in [0.25, 0.3) is 0 Å². The number of hydrogen-bond acceptors (Lipinski definition) is 4. The maximum absolute atomic E-state index is 4.37. The zero-order valence-corrected chi connectivity index (χ0v) is 10.4. The monoisotopic (exact) mass is 231 g/mol. The van der Waals surface area contributed by atoms with Crippen molar-refractivity contribution < 1.29 is 0 Å². The third-order valence-corrected chi connectivity index (χ3v) is 2.40. The summed E-state index contributed by atoms with van der Waals surface area (Å²) in [5, 5.41) is 7.57. The second-order valence-electron chi connectivity index (χ2n) is 3.99. The van der Waals surface area contributed by atoms with Crippen LogP contribution in [0.2, 0.25) is 0 Å². The van der Waals surface area contributed by atoms with E-state index in [0.29, 0.717) is 0 Å². The minimum absolute atomic E-state index is 0.767. The fourth-order valence-corrected chi connectivity index (χ4v) is 1.66. The smallest absolute Gasteiger partial charge is 0.157 e. The number of aromatic nitrogens is 4. The van der Waals surface area contributed by atoms with Crippen molar-refractivity contribution in [1.82, 2.24) is 25.1 Å². The molecule has 0 unspecified atom stereocenters. The van der Waals surface area contributed by atoms with Crippen molar-refractivity contribution in [2.75, 3.05) is 6.54 Å². The van der Waals surface area contributed by atoms with Gasteiger partial charge >= 0.3 is 0 Å². The Bertz CT molecular complexity index is 483. The largest absolute Gasteiger partial charge is 0.313 e. The maximum atomic E-state index is 4.37. The van der Waals surface area contributed by atoms with Crippen LogP contribution >= 0.6 is 0 Å². The van der Waals surface area contributed by atoms with Gasteiger partial charge in [0.2, 0.25) is 0 Å². The van der Waals surface area contributed by atoms with E-state index < -0.39 is 0 Å². The van der Waals surface area contributed by atoms with Gasteiger partial charge in [0, 0.05) is 30.1 Å².